The third-order valence-electron chi connectivity index (χ3n) is 7.00. The molecule has 2 heterocycles. The van der Waals surface area contributed by atoms with E-state index in [0.29, 0.717) is 29.5 Å². The van der Waals surface area contributed by atoms with Gasteiger partial charge in [0.1, 0.15) is 11.4 Å². The molecule has 2 amide bonds. The number of methoxy groups -OCH3 is 1. The van der Waals surface area contributed by atoms with Gasteiger partial charge in [0.2, 0.25) is 11.9 Å². The maximum atomic E-state index is 13.2. The number of aromatic nitrogens is 2. The van der Waals surface area contributed by atoms with Gasteiger partial charge in [-0.25, -0.2) is 4.98 Å². The van der Waals surface area contributed by atoms with Crippen LogP contribution in [0.3, 0.4) is 0 Å². The number of alkyl halides is 3. The largest absolute Gasteiger partial charge is 0.495 e. The number of nitrogens with one attached hydrogen (secondary N) is 2. The van der Waals surface area contributed by atoms with Crippen LogP contribution < -0.4 is 25.2 Å². The standard InChI is InChI=1S/C26H33F3N6O3/c1-25(2)15-35(17-7-5-6-8-17)21-19(34(3)23(25)37)14-31-24(33-21)32-18-10-9-16(13-20(18)38-4)22(36)30-12-11-26(27,28)29/h9-10,13-14,17H,5-8,11-12,15H2,1-4H3,(H,30,36)(H,31,32,33). The van der Waals surface area contributed by atoms with E-state index in [1.165, 1.54) is 19.2 Å². The van der Waals surface area contributed by atoms with Crippen LogP contribution in [0.2, 0.25) is 0 Å². The third-order valence-corrected chi connectivity index (χ3v) is 7.00. The number of fused-ring (bicyclic) bond motifs is 1. The maximum Gasteiger partial charge on any atom is 0.390 e. The van der Waals surface area contributed by atoms with Gasteiger partial charge in [-0.15, -0.1) is 0 Å². The second kappa shape index (κ2) is 10.7. The minimum Gasteiger partial charge on any atom is -0.495 e. The Labute approximate surface area is 219 Å². The zero-order chi connectivity index (χ0) is 27.7. The highest BCUT2D eigenvalue weighted by Crippen LogP contribution is 2.40. The monoisotopic (exact) mass is 534 g/mol. The number of nitrogens with zero attached hydrogens (tertiary/aromatic N) is 4. The van der Waals surface area contributed by atoms with Crippen molar-refractivity contribution in [1.29, 1.82) is 0 Å². The molecule has 1 aromatic heterocycles. The number of amides is 2. The Morgan fingerprint density at radius 3 is 2.61 bits per heavy atom. The van der Waals surface area contributed by atoms with Gasteiger partial charge in [-0.05, 0) is 44.9 Å². The first kappa shape index (κ1) is 27.5. The summed E-state index contributed by atoms with van der Waals surface area (Å²) in [5.41, 5.74) is 0.666. The Hall–Kier alpha value is -3.57. The molecule has 38 heavy (non-hydrogen) atoms. The zero-order valence-electron chi connectivity index (χ0n) is 22.0. The van der Waals surface area contributed by atoms with Gasteiger partial charge in [-0.3, -0.25) is 9.59 Å². The fourth-order valence-corrected chi connectivity index (χ4v) is 5.00. The summed E-state index contributed by atoms with van der Waals surface area (Å²) in [5.74, 6) is 0.619. The molecule has 4 rings (SSSR count). The van der Waals surface area contributed by atoms with E-state index < -0.39 is 30.5 Å². The van der Waals surface area contributed by atoms with Crippen molar-refractivity contribution in [2.45, 2.75) is 58.2 Å². The molecule has 1 fully saturated rings. The summed E-state index contributed by atoms with van der Waals surface area (Å²) in [5, 5.41) is 5.39. The number of carbonyl (C=O) groups is 2. The Balaban J connectivity index is 1.60. The summed E-state index contributed by atoms with van der Waals surface area (Å²) in [6, 6.07) is 4.78. The smallest absolute Gasteiger partial charge is 0.390 e. The molecule has 0 saturated heterocycles. The van der Waals surface area contributed by atoms with Gasteiger partial charge in [-0.2, -0.15) is 18.2 Å². The number of ether oxygens (including phenoxy) is 1. The van der Waals surface area contributed by atoms with Crippen LogP contribution in [0.4, 0.5) is 36.3 Å². The molecule has 0 unspecified atom stereocenters. The zero-order valence-corrected chi connectivity index (χ0v) is 22.0. The van der Waals surface area contributed by atoms with E-state index in [1.807, 2.05) is 13.8 Å². The average Bonchev–Trinajstić information content (AvgIpc) is 3.38. The van der Waals surface area contributed by atoms with E-state index >= 15 is 0 Å². The maximum absolute atomic E-state index is 13.2. The molecule has 1 aliphatic heterocycles. The fraction of sp³-hybridized carbons (Fsp3) is 0.538. The van der Waals surface area contributed by atoms with Crippen molar-refractivity contribution in [3.05, 3.63) is 30.0 Å². The Kier molecular flexibility index (Phi) is 7.70. The second-order valence-electron chi connectivity index (χ2n) is 10.4. The second-order valence-corrected chi connectivity index (χ2v) is 10.4. The molecule has 12 heteroatoms. The number of carbonyl (C=O) groups excluding carboxylic acids is 2. The first-order valence-electron chi connectivity index (χ1n) is 12.6. The lowest BCUT2D eigenvalue weighted by molar-refractivity contribution is -0.133. The number of benzene rings is 1. The van der Waals surface area contributed by atoms with Gasteiger partial charge in [0.15, 0.2) is 5.82 Å². The minimum absolute atomic E-state index is 0.00526. The van der Waals surface area contributed by atoms with E-state index in [9.17, 15) is 22.8 Å². The van der Waals surface area contributed by atoms with Crippen molar-refractivity contribution in [3.8, 4) is 5.75 Å². The first-order chi connectivity index (χ1) is 17.9. The Bertz CT molecular complexity index is 1200. The van der Waals surface area contributed by atoms with Crippen molar-refractivity contribution in [1.82, 2.24) is 15.3 Å². The molecule has 0 spiro atoms. The molecule has 1 saturated carbocycles. The van der Waals surface area contributed by atoms with Crippen LogP contribution in [0, 0.1) is 5.41 Å². The first-order valence-corrected chi connectivity index (χ1v) is 12.6. The molecular formula is C26H33F3N6O3. The number of rotatable bonds is 7. The van der Waals surface area contributed by atoms with Crippen LogP contribution >= 0.6 is 0 Å². The van der Waals surface area contributed by atoms with Crippen molar-refractivity contribution in [2.75, 3.05) is 42.4 Å². The number of halogens is 3. The Morgan fingerprint density at radius 2 is 1.95 bits per heavy atom. The van der Waals surface area contributed by atoms with E-state index in [-0.39, 0.29) is 23.5 Å². The van der Waals surface area contributed by atoms with E-state index in [0.717, 1.165) is 25.7 Å². The van der Waals surface area contributed by atoms with Crippen molar-refractivity contribution >= 4 is 35.0 Å². The highest BCUT2D eigenvalue weighted by molar-refractivity contribution is 6.01. The van der Waals surface area contributed by atoms with Crippen molar-refractivity contribution < 1.29 is 27.5 Å². The van der Waals surface area contributed by atoms with Crippen LogP contribution in [0.1, 0.15) is 56.3 Å². The van der Waals surface area contributed by atoms with Gasteiger partial charge >= 0.3 is 6.18 Å². The average molecular weight is 535 g/mol. The summed E-state index contributed by atoms with van der Waals surface area (Å²) >= 11 is 0. The topological polar surface area (TPSA) is 99.7 Å². The van der Waals surface area contributed by atoms with Crippen LogP contribution in [-0.2, 0) is 4.79 Å². The summed E-state index contributed by atoms with van der Waals surface area (Å²) in [7, 11) is 3.16. The predicted molar refractivity (Wildman–Crippen MR) is 138 cm³/mol. The quantitative estimate of drug-likeness (QED) is 0.533. The minimum atomic E-state index is -4.35. The molecule has 2 N–H and O–H groups in total. The van der Waals surface area contributed by atoms with Gasteiger partial charge in [0.25, 0.3) is 5.91 Å². The summed E-state index contributed by atoms with van der Waals surface area (Å²) < 4.78 is 42.6. The van der Waals surface area contributed by atoms with Gasteiger partial charge in [0.05, 0.1) is 30.8 Å². The van der Waals surface area contributed by atoms with Crippen LogP contribution in [0.5, 0.6) is 5.75 Å². The number of hydrogen-bond acceptors (Lipinski definition) is 7. The van der Waals surface area contributed by atoms with Gasteiger partial charge in [-0.1, -0.05) is 12.8 Å². The summed E-state index contributed by atoms with van der Waals surface area (Å²) in [6.07, 6.45) is 0.481. The molecule has 2 aliphatic rings. The lowest BCUT2D eigenvalue weighted by Crippen LogP contribution is -2.45. The fourth-order valence-electron chi connectivity index (χ4n) is 5.00. The molecular weight excluding hydrogens is 501 g/mol. The van der Waals surface area contributed by atoms with E-state index in [1.54, 1.807) is 24.2 Å². The van der Waals surface area contributed by atoms with E-state index in [4.69, 9.17) is 9.72 Å². The summed E-state index contributed by atoms with van der Waals surface area (Å²) in [6.45, 7) is 3.90. The van der Waals surface area contributed by atoms with Crippen LogP contribution in [-0.4, -0.2) is 61.2 Å². The normalized spacial score (nSPS) is 17.7. The molecule has 206 valence electrons. The molecule has 0 atom stereocenters. The van der Waals surface area contributed by atoms with Gasteiger partial charge in [0, 0.05) is 31.7 Å². The SMILES string of the molecule is COc1cc(C(=O)NCCC(F)(F)F)ccc1Nc1ncc2c(n1)N(C1CCCC1)CC(C)(C)C(=O)N2C. The molecule has 9 nitrogen and oxygen atoms in total. The number of anilines is 4. The summed E-state index contributed by atoms with van der Waals surface area (Å²) in [4.78, 5) is 38.6. The molecule has 0 bridgehead atoms. The highest BCUT2D eigenvalue weighted by atomic mass is 19.4. The van der Waals surface area contributed by atoms with E-state index in [2.05, 4.69) is 20.5 Å². The van der Waals surface area contributed by atoms with Crippen molar-refractivity contribution in [2.24, 2.45) is 5.41 Å². The highest BCUT2D eigenvalue weighted by Gasteiger charge is 2.41. The molecule has 1 aliphatic carbocycles. The lowest BCUT2D eigenvalue weighted by Gasteiger charge is -2.34. The van der Waals surface area contributed by atoms with Crippen molar-refractivity contribution in [3.63, 3.8) is 0 Å². The third kappa shape index (κ3) is 5.94. The van der Waals surface area contributed by atoms with Crippen LogP contribution in [0.15, 0.2) is 24.4 Å². The molecule has 1 aromatic carbocycles. The molecule has 0 radical (unpaired) electrons. The Morgan fingerprint density at radius 1 is 1.24 bits per heavy atom. The van der Waals surface area contributed by atoms with Gasteiger partial charge < -0.3 is 25.2 Å². The van der Waals surface area contributed by atoms with Crippen LogP contribution in [0.25, 0.3) is 0 Å². The number of hydrogen-bond donors (Lipinski definition) is 2. The molecule has 2 aromatic rings. The lowest BCUT2D eigenvalue weighted by atomic mass is 9.91. The predicted octanol–water partition coefficient (Wildman–Crippen LogP) is 4.66.